The van der Waals surface area contributed by atoms with Crippen molar-refractivity contribution in [3.05, 3.63) is 34.3 Å². The minimum Gasteiger partial charge on any atom is -0.408 e. The molecular weight excluding hydrogens is 236 g/mol. The van der Waals surface area contributed by atoms with Gasteiger partial charge in [0, 0.05) is 6.54 Å². The van der Waals surface area contributed by atoms with E-state index >= 15 is 0 Å². The van der Waals surface area contributed by atoms with Gasteiger partial charge < -0.3 is 14.8 Å². The van der Waals surface area contributed by atoms with Crippen LogP contribution in [0.4, 0.5) is 0 Å². The molecule has 0 radical (unpaired) electrons. The summed E-state index contributed by atoms with van der Waals surface area (Å²) >= 11 is 0. The van der Waals surface area contributed by atoms with E-state index in [0.717, 1.165) is 5.56 Å². The van der Waals surface area contributed by atoms with Crippen molar-refractivity contribution in [2.45, 2.75) is 19.4 Å². The number of amides is 1. The number of hydrogen-bond donors (Lipinski definition) is 3. The number of carbonyl (C=O) groups is 1. The van der Waals surface area contributed by atoms with Gasteiger partial charge in [-0.25, -0.2) is 4.79 Å². The Kier molecular flexibility index (Phi) is 3.47. The highest BCUT2D eigenvalue weighted by Crippen LogP contribution is 2.12. The van der Waals surface area contributed by atoms with Gasteiger partial charge in [-0.15, -0.1) is 0 Å². The number of hydrogen-bond acceptors (Lipinski definition) is 4. The van der Waals surface area contributed by atoms with Crippen LogP contribution >= 0.6 is 0 Å². The number of aromatic amines is 1. The maximum absolute atomic E-state index is 11.1. The topological polar surface area (TPSA) is 95.3 Å². The molecule has 1 unspecified atom stereocenters. The van der Waals surface area contributed by atoms with E-state index in [1.54, 1.807) is 12.1 Å². The van der Waals surface area contributed by atoms with E-state index in [1.165, 1.54) is 6.92 Å². The van der Waals surface area contributed by atoms with E-state index in [4.69, 9.17) is 9.52 Å². The molecule has 0 spiro atoms. The van der Waals surface area contributed by atoms with Gasteiger partial charge in [-0.1, -0.05) is 6.07 Å². The second-order valence-electron chi connectivity index (χ2n) is 4.06. The summed E-state index contributed by atoms with van der Waals surface area (Å²) < 4.78 is 4.88. The molecule has 1 aromatic heterocycles. The number of aliphatic hydroxyl groups is 1. The number of aliphatic hydroxyl groups excluding tert-OH is 1. The Morgan fingerprint density at radius 1 is 1.56 bits per heavy atom. The molecule has 2 rings (SSSR count). The van der Waals surface area contributed by atoms with Gasteiger partial charge >= 0.3 is 5.76 Å². The number of nitrogens with one attached hydrogen (secondary N) is 2. The van der Waals surface area contributed by atoms with Gasteiger partial charge in [-0.2, -0.15) is 0 Å². The molecular formula is C12H14N2O4. The zero-order valence-electron chi connectivity index (χ0n) is 9.90. The zero-order valence-corrected chi connectivity index (χ0v) is 9.90. The number of oxazole rings is 1. The third kappa shape index (κ3) is 2.78. The van der Waals surface area contributed by atoms with E-state index < -0.39 is 17.8 Å². The normalized spacial score (nSPS) is 12.6. The number of carbonyl (C=O) groups excluding carboxylic acids is 1. The molecule has 18 heavy (non-hydrogen) atoms. The second-order valence-corrected chi connectivity index (χ2v) is 4.06. The molecule has 0 fully saturated rings. The molecule has 0 bridgehead atoms. The lowest BCUT2D eigenvalue weighted by Gasteiger charge is -2.06. The summed E-state index contributed by atoms with van der Waals surface area (Å²) in [6.07, 6.45) is -0.389. The first-order valence-electron chi connectivity index (χ1n) is 5.64. The Hall–Kier alpha value is -2.08. The molecule has 0 aliphatic rings. The molecule has 2 aromatic rings. The van der Waals surface area contributed by atoms with E-state index in [9.17, 15) is 9.59 Å². The molecule has 6 nitrogen and oxygen atoms in total. The van der Waals surface area contributed by atoms with Crippen molar-refractivity contribution in [3.8, 4) is 0 Å². The predicted octanol–water partition coefficient (Wildman–Crippen LogP) is 0.161. The van der Waals surface area contributed by atoms with Gasteiger partial charge in [0.2, 0.25) is 5.91 Å². The van der Waals surface area contributed by atoms with Crippen LogP contribution in [0.25, 0.3) is 11.1 Å². The van der Waals surface area contributed by atoms with Crippen LogP contribution < -0.4 is 11.1 Å². The number of fused-ring (bicyclic) bond motifs is 1. The summed E-state index contributed by atoms with van der Waals surface area (Å²) in [4.78, 5) is 24.7. The fourth-order valence-electron chi connectivity index (χ4n) is 1.63. The van der Waals surface area contributed by atoms with Crippen molar-refractivity contribution in [2.24, 2.45) is 0 Å². The van der Waals surface area contributed by atoms with Crippen LogP contribution in [0.15, 0.2) is 27.4 Å². The summed E-state index contributed by atoms with van der Waals surface area (Å²) in [5.41, 5.74) is 2.11. The summed E-state index contributed by atoms with van der Waals surface area (Å²) in [7, 11) is 0. The van der Waals surface area contributed by atoms with E-state index in [1.807, 2.05) is 6.07 Å². The summed E-state index contributed by atoms with van der Waals surface area (Å²) in [6, 6.07) is 5.33. The standard InChI is InChI=1S/C12H14N2O4/c1-7(15)11(16)13-5-4-8-2-3-10-9(6-8)14-12(17)18-10/h2-3,6-7,15H,4-5H2,1H3,(H,13,16)(H,14,17). The minimum atomic E-state index is -1.00. The smallest absolute Gasteiger partial charge is 0.408 e. The van der Waals surface area contributed by atoms with Crippen molar-refractivity contribution >= 4 is 17.0 Å². The Bertz CT molecular complexity index is 612. The van der Waals surface area contributed by atoms with Gasteiger partial charge in [-0.05, 0) is 31.0 Å². The average molecular weight is 250 g/mol. The van der Waals surface area contributed by atoms with Crippen molar-refractivity contribution in [3.63, 3.8) is 0 Å². The third-order valence-electron chi connectivity index (χ3n) is 2.58. The molecule has 96 valence electrons. The van der Waals surface area contributed by atoms with Gasteiger partial charge in [0.15, 0.2) is 5.58 Å². The number of rotatable bonds is 4. The molecule has 0 saturated heterocycles. The number of benzene rings is 1. The monoisotopic (exact) mass is 250 g/mol. The Morgan fingerprint density at radius 2 is 2.33 bits per heavy atom. The first kappa shape index (κ1) is 12.4. The quantitative estimate of drug-likeness (QED) is 0.720. The average Bonchev–Trinajstić information content (AvgIpc) is 2.68. The number of aromatic nitrogens is 1. The van der Waals surface area contributed by atoms with Gasteiger partial charge in [0.1, 0.15) is 6.10 Å². The third-order valence-corrected chi connectivity index (χ3v) is 2.58. The lowest BCUT2D eigenvalue weighted by Crippen LogP contribution is -2.33. The zero-order chi connectivity index (χ0) is 13.1. The lowest BCUT2D eigenvalue weighted by molar-refractivity contribution is -0.128. The molecule has 1 atom stereocenters. The highest BCUT2D eigenvalue weighted by atomic mass is 16.4. The van der Waals surface area contributed by atoms with Gasteiger partial charge in [0.25, 0.3) is 0 Å². The highest BCUT2D eigenvalue weighted by Gasteiger charge is 2.07. The molecule has 1 aromatic carbocycles. The molecule has 0 aliphatic carbocycles. The molecule has 1 heterocycles. The van der Waals surface area contributed by atoms with Crippen LogP contribution in [0.1, 0.15) is 12.5 Å². The Labute approximate surface area is 103 Å². The van der Waals surface area contributed by atoms with Crippen molar-refractivity contribution < 1.29 is 14.3 Å². The van der Waals surface area contributed by atoms with Gasteiger partial charge in [0.05, 0.1) is 5.52 Å². The van der Waals surface area contributed by atoms with E-state index in [2.05, 4.69) is 10.3 Å². The Balaban J connectivity index is 1.99. The molecule has 3 N–H and O–H groups in total. The summed E-state index contributed by atoms with van der Waals surface area (Å²) in [5, 5.41) is 11.6. The van der Waals surface area contributed by atoms with Crippen LogP contribution in [0.3, 0.4) is 0 Å². The maximum atomic E-state index is 11.1. The minimum absolute atomic E-state index is 0.396. The fraction of sp³-hybridized carbons (Fsp3) is 0.333. The first-order chi connectivity index (χ1) is 8.56. The largest absolute Gasteiger partial charge is 0.417 e. The van der Waals surface area contributed by atoms with E-state index in [0.29, 0.717) is 24.1 Å². The molecule has 6 heteroatoms. The predicted molar refractivity (Wildman–Crippen MR) is 65.2 cm³/mol. The lowest BCUT2D eigenvalue weighted by atomic mass is 10.1. The van der Waals surface area contributed by atoms with Crippen LogP contribution in [0.2, 0.25) is 0 Å². The van der Waals surface area contributed by atoms with Crippen molar-refractivity contribution in [2.75, 3.05) is 6.54 Å². The molecule has 0 aliphatic heterocycles. The number of H-pyrrole nitrogens is 1. The van der Waals surface area contributed by atoms with Crippen LogP contribution in [0, 0.1) is 0 Å². The molecule has 1 amide bonds. The Morgan fingerprint density at radius 3 is 3.06 bits per heavy atom. The maximum Gasteiger partial charge on any atom is 0.417 e. The van der Waals surface area contributed by atoms with Gasteiger partial charge in [-0.3, -0.25) is 9.78 Å². The van der Waals surface area contributed by atoms with Crippen LogP contribution in [-0.4, -0.2) is 28.6 Å². The second kappa shape index (κ2) is 5.05. The molecule has 0 saturated carbocycles. The van der Waals surface area contributed by atoms with Crippen LogP contribution in [-0.2, 0) is 11.2 Å². The highest BCUT2D eigenvalue weighted by molar-refractivity contribution is 5.80. The van der Waals surface area contributed by atoms with Crippen molar-refractivity contribution in [1.82, 2.24) is 10.3 Å². The van der Waals surface area contributed by atoms with E-state index in [-0.39, 0.29) is 0 Å². The van der Waals surface area contributed by atoms with Crippen molar-refractivity contribution in [1.29, 1.82) is 0 Å². The summed E-state index contributed by atoms with van der Waals surface area (Å²) in [5.74, 6) is -0.877. The van der Waals surface area contributed by atoms with Crippen LogP contribution in [0.5, 0.6) is 0 Å². The SMILES string of the molecule is CC(O)C(=O)NCCc1ccc2oc(=O)[nH]c2c1. The first-order valence-corrected chi connectivity index (χ1v) is 5.64. The summed E-state index contributed by atoms with van der Waals surface area (Å²) in [6.45, 7) is 1.84. The fourth-order valence-corrected chi connectivity index (χ4v) is 1.63.